The van der Waals surface area contributed by atoms with Crippen LogP contribution in [0.25, 0.3) is 0 Å². The lowest BCUT2D eigenvalue weighted by Gasteiger charge is -2.08. The Labute approximate surface area is 127 Å². The molecular weight excluding hydrogens is 305 g/mol. The van der Waals surface area contributed by atoms with Crippen molar-refractivity contribution >= 4 is 34.9 Å². The highest BCUT2D eigenvalue weighted by atomic mass is 35.5. The van der Waals surface area contributed by atoms with Gasteiger partial charge in [0.1, 0.15) is 0 Å². The zero-order valence-electron chi connectivity index (χ0n) is 11.2. The van der Waals surface area contributed by atoms with E-state index in [0.717, 1.165) is 0 Å². The van der Waals surface area contributed by atoms with Crippen LogP contribution in [0.2, 0.25) is 10.0 Å². The van der Waals surface area contributed by atoms with Crippen LogP contribution in [-0.4, -0.2) is 39.5 Å². The maximum atomic E-state index is 11.8. The van der Waals surface area contributed by atoms with E-state index in [0.29, 0.717) is 26.2 Å². The van der Waals surface area contributed by atoms with Gasteiger partial charge in [0.2, 0.25) is 0 Å². The van der Waals surface area contributed by atoms with Gasteiger partial charge < -0.3 is 19.9 Å². The Morgan fingerprint density at radius 1 is 1.20 bits per heavy atom. The molecule has 0 atom stereocenters. The largest absolute Gasteiger partial charge is 0.462 e. The second kappa shape index (κ2) is 9.02. The van der Waals surface area contributed by atoms with Crippen molar-refractivity contribution in [2.24, 2.45) is 0 Å². The van der Waals surface area contributed by atoms with Crippen molar-refractivity contribution < 1.29 is 19.0 Å². The van der Waals surface area contributed by atoms with E-state index < -0.39 is 5.97 Å². The summed E-state index contributed by atoms with van der Waals surface area (Å²) in [5, 5.41) is 0.455. The van der Waals surface area contributed by atoms with Gasteiger partial charge in [-0.05, 0) is 12.1 Å². The minimum absolute atomic E-state index is 0.224. The highest BCUT2D eigenvalue weighted by Gasteiger charge is 2.12. The van der Waals surface area contributed by atoms with Crippen LogP contribution >= 0.6 is 23.2 Å². The Kier molecular flexibility index (Phi) is 7.69. The van der Waals surface area contributed by atoms with Crippen LogP contribution in [0, 0.1) is 0 Å². The fourth-order valence-corrected chi connectivity index (χ4v) is 1.72. The molecule has 0 bridgehead atoms. The van der Waals surface area contributed by atoms with Gasteiger partial charge in [-0.25, -0.2) is 4.79 Å². The summed E-state index contributed by atoms with van der Waals surface area (Å²) >= 11 is 11.6. The second-order valence-electron chi connectivity index (χ2n) is 3.96. The van der Waals surface area contributed by atoms with Crippen molar-refractivity contribution in [1.82, 2.24) is 0 Å². The van der Waals surface area contributed by atoms with E-state index in [1.807, 2.05) is 0 Å². The van der Waals surface area contributed by atoms with Crippen molar-refractivity contribution in [2.45, 2.75) is 6.42 Å². The molecule has 2 N–H and O–H groups in total. The van der Waals surface area contributed by atoms with Crippen molar-refractivity contribution in [3.8, 4) is 0 Å². The average molecular weight is 322 g/mol. The summed E-state index contributed by atoms with van der Waals surface area (Å²) in [6, 6.07) is 2.86. The quantitative estimate of drug-likeness (QED) is 0.453. The summed E-state index contributed by atoms with van der Waals surface area (Å²) in [5.74, 6) is -0.493. The predicted octanol–water partition coefficient (Wildman–Crippen LogP) is 2.79. The van der Waals surface area contributed by atoms with Crippen LogP contribution < -0.4 is 5.73 Å². The predicted molar refractivity (Wildman–Crippen MR) is 78.5 cm³/mol. The molecular formula is C13H17Cl2NO4. The number of carbonyl (C=O) groups is 1. The molecule has 0 radical (unpaired) electrons. The smallest absolute Gasteiger partial charge is 0.338 e. The van der Waals surface area contributed by atoms with E-state index >= 15 is 0 Å². The third-order valence-corrected chi connectivity index (χ3v) is 3.21. The van der Waals surface area contributed by atoms with Gasteiger partial charge in [-0.3, -0.25) is 0 Å². The van der Waals surface area contributed by atoms with Gasteiger partial charge >= 0.3 is 5.97 Å². The number of carbonyl (C=O) groups excluding carboxylic acids is 1. The molecule has 0 aromatic heterocycles. The molecule has 0 aliphatic heterocycles. The van der Waals surface area contributed by atoms with Gasteiger partial charge in [0.05, 0.1) is 41.1 Å². The van der Waals surface area contributed by atoms with E-state index in [-0.39, 0.29) is 27.9 Å². The minimum Gasteiger partial charge on any atom is -0.462 e. The Morgan fingerprint density at radius 2 is 1.95 bits per heavy atom. The first kappa shape index (κ1) is 17.0. The van der Waals surface area contributed by atoms with Crippen LogP contribution in [0.4, 0.5) is 5.69 Å². The molecule has 0 saturated carbocycles. The molecule has 0 spiro atoms. The second-order valence-corrected chi connectivity index (χ2v) is 4.74. The minimum atomic E-state index is -0.493. The number of hydrogen-bond donors (Lipinski definition) is 1. The SMILES string of the molecule is COCCOCCCOC(=O)c1cc(N)c(Cl)c(Cl)c1. The molecule has 0 fully saturated rings. The van der Waals surface area contributed by atoms with Gasteiger partial charge in [0.15, 0.2) is 0 Å². The molecule has 0 saturated heterocycles. The first-order chi connectivity index (χ1) is 9.56. The van der Waals surface area contributed by atoms with Crippen LogP contribution in [-0.2, 0) is 14.2 Å². The fraction of sp³-hybridized carbons (Fsp3) is 0.462. The molecule has 1 aromatic rings. The van der Waals surface area contributed by atoms with E-state index in [4.69, 9.17) is 43.1 Å². The molecule has 1 aromatic carbocycles. The van der Waals surface area contributed by atoms with Crippen molar-refractivity contribution in [2.75, 3.05) is 39.3 Å². The van der Waals surface area contributed by atoms with Crippen molar-refractivity contribution in [3.63, 3.8) is 0 Å². The van der Waals surface area contributed by atoms with Crippen LogP contribution in [0.1, 0.15) is 16.8 Å². The number of methoxy groups -OCH3 is 1. The number of rotatable bonds is 8. The number of anilines is 1. The van der Waals surface area contributed by atoms with Gasteiger partial charge in [0.25, 0.3) is 0 Å². The van der Waals surface area contributed by atoms with Gasteiger partial charge in [-0.2, -0.15) is 0 Å². The van der Waals surface area contributed by atoms with E-state index in [9.17, 15) is 4.79 Å². The lowest BCUT2D eigenvalue weighted by atomic mass is 10.2. The summed E-state index contributed by atoms with van der Waals surface area (Å²) in [6.45, 7) is 1.82. The highest BCUT2D eigenvalue weighted by molar-refractivity contribution is 6.43. The molecule has 5 nitrogen and oxygen atoms in total. The van der Waals surface area contributed by atoms with Gasteiger partial charge in [-0.1, -0.05) is 23.2 Å². The Morgan fingerprint density at radius 3 is 2.60 bits per heavy atom. The Hall–Kier alpha value is -1.01. The molecule has 0 unspecified atom stereocenters. The summed E-state index contributed by atoms with van der Waals surface area (Å²) in [4.78, 5) is 11.8. The molecule has 20 heavy (non-hydrogen) atoms. The number of nitrogen functional groups attached to an aromatic ring is 1. The summed E-state index contributed by atoms with van der Waals surface area (Å²) < 4.78 is 15.1. The number of hydrogen-bond acceptors (Lipinski definition) is 5. The molecule has 1 rings (SSSR count). The summed E-state index contributed by atoms with van der Waals surface area (Å²) in [5.41, 5.74) is 6.15. The molecule has 0 amide bonds. The number of esters is 1. The number of halogens is 2. The summed E-state index contributed by atoms with van der Waals surface area (Å²) in [6.07, 6.45) is 0.603. The maximum absolute atomic E-state index is 11.8. The summed E-state index contributed by atoms with van der Waals surface area (Å²) in [7, 11) is 1.61. The fourth-order valence-electron chi connectivity index (χ4n) is 1.38. The molecule has 112 valence electrons. The van der Waals surface area contributed by atoms with Crippen LogP contribution in [0.5, 0.6) is 0 Å². The standard InChI is InChI=1S/C13H17Cl2NO4/c1-18-5-6-19-3-2-4-20-13(17)9-7-10(14)12(15)11(16)8-9/h7-8H,2-6,16H2,1H3. The molecule has 0 aliphatic rings. The van der Waals surface area contributed by atoms with Gasteiger partial charge in [-0.15, -0.1) is 0 Å². The van der Waals surface area contributed by atoms with Crippen LogP contribution in [0.15, 0.2) is 12.1 Å². The van der Waals surface area contributed by atoms with Crippen molar-refractivity contribution in [3.05, 3.63) is 27.7 Å². The highest BCUT2D eigenvalue weighted by Crippen LogP contribution is 2.29. The number of nitrogens with two attached hydrogens (primary N) is 1. The average Bonchev–Trinajstić information content (AvgIpc) is 2.43. The lowest BCUT2D eigenvalue weighted by Crippen LogP contribution is -2.10. The Balaban J connectivity index is 2.33. The lowest BCUT2D eigenvalue weighted by molar-refractivity contribution is 0.0385. The van der Waals surface area contributed by atoms with E-state index in [1.54, 1.807) is 7.11 Å². The first-order valence-corrected chi connectivity index (χ1v) is 6.80. The normalized spacial score (nSPS) is 10.6. The topological polar surface area (TPSA) is 70.8 Å². The zero-order chi connectivity index (χ0) is 15.0. The monoisotopic (exact) mass is 321 g/mol. The molecule has 7 heteroatoms. The third-order valence-electron chi connectivity index (χ3n) is 2.39. The third kappa shape index (κ3) is 5.54. The Bertz CT molecular complexity index is 431. The molecule has 0 heterocycles. The maximum Gasteiger partial charge on any atom is 0.338 e. The van der Waals surface area contributed by atoms with E-state index in [1.165, 1.54) is 12.1 Å². The molecule has 0 aliphatic carbocycles. The van der Waals surface area contributed by atoms with Crippen molar-refractivity contribution in [1.29, 1.82) is 0 Å². The first-order valence-electron chi connectivity index (χ1n) is 6.04. The number of ether oxygens (including phenoxy) is 3. The van der Waals surface area contributed by atoms with Gasteiger partial charge in [0, 0.05) is 20.1 Å². The van der Waals surface area contributed by atoms with Crippen LogP contribution in [0.3, 0.4) is 0 Å². The van der Waals surface area contributed by atoms with E-state index in [2.05, 4.69) is 0 Å². The number of benzene rings is 1. The zero-order valence-corrected chi connectivity index (χ0v) is 12.7.